The molecule has 0 amide bonds. The second-order valence-corrected chi connectivity index (χ2v) is 4.58. The molecule has 0 unspecified atom stereocenters. The van der Waals surface area contributed by atoms with E-state index in [2.05, 4.69) is 15.2 Å². The average Bonchev–Trinajstić information content (AvgIpc) is 3.16. The maximum absolute atomic E-state index is 5.69. The highest BCUT2D eigenvalue weighted by atomic mass is 16.5. The molecule has 1 aliphatic heterocycles. The molecule has 0 radical (unpaired) electrons. The highest BCUT2D eigenvalue weighted by Gasteiger charge is 2.22. The molecule has 3 rings (SSSR count). The average molecular weight is 275 g/mol. The second-order valence-electron chi connectivity index (χ2n) is 4.58. The van der Waals surface area contributed by atoms with Gasteiger partial charge in [-0.1, -0.05) is 12.1 Å². The number of nitrogens with one attached hydrogen (secondary N) is 1. The van der Waals surface area contributed by atoms with Crippen LogP contribution in [0.5, 0.6) is 11.5 Å². The van der Waals surface area contributed by atoms with Gasteiger partial charge in [0.15, 0.2) is 23.1 Å². The summed E-state index contributed by atoms with van der Waals surface area (Å²) in [4.78, 5) is 4.41. The van der Waals surface area contributed by atoms with Crippen molar-refractivity contribution in [3.63, 3.8) is 0 Å². The van der Waals surface area contributed by atoms with Gasteiger partial charge in [0.25, 0.3) is 0 Å². The molecule has 1 saturated heterocycles. The Hall–Kier alpha value is -2.08. The topological polar surface area (TPSA) is 69.3 Å². The Labute approximate surface area is 117 Å². The highest BCUT2D eigenvalue weighted by Crippen LogP contribution is 2.27. The molecule has 2 heterocycles. The quantitative estimate of drug-likeness (QED) is 0.906. The normalized spacial score (nSPS) is 18.1. The molecule has 6 heteroatoms. The van der Waals surface area contributed by atoms with E-state index in [0.29, 0.717) is 29.8 Å². The van der Waals surface area contributed by atoms with Gasteiger partial charge in [-0.05, 0) is 25.0 Å². The number of ether oxygens (including phenoxy) is 3. The van der Waals surface area contributed by atoms with Gasteiger partial charge >= 0.3 is 0 Å². The van der Waals surface area contributed by atoms with Gasteiger partial charge in [-0.25, -0.2) is 4.98 Å². The van der Waals surface area contributed by atoms with Crippen LogP contribution in [0.25, 0.3) is 0 Å². The van der Waals surface area contributed by atoms with Crippen LogP contribution in [-0.2, 0) is 11.3 Å². The molecule has 0 aliphatic carbocycles. The lowest BCUT2D eigenvalue weighted by atomic mass is 10.2. The van der Waals surface area contributed by atoms with E-state index in [-0.39, 0.29) is 6.10 Å². The van der Waals surface area contributed by atoms with Crippen LogP contribution in [0.1, 0.15) is 30.6 Å². The van der Waals surface area contributed by atoms with Crippen molar-refractivity contribution < 1.29 is 14.2 Å². The Balaban J connectivity index is 1.63. The van der Waals surface area contributed by atoms with Crippen LogP contribution in [0.15, 0.2) is 24.3 Å². The number of nitrogens with zero attached hydrogens (tertiary/aromatic N) is 2. The van der Waals surface area contributed by atoms with Crippen molar-refractivity contribution in [3.05, 3.63) is 35.9 Å². The van der Waals surface area contributed by atoms with Crippen molar-refractivity contribution in [3.8, 4) is 11.5 Å². The number of hydrogen-bond acceptors (Lipinski definition) is 5. The smallest absolute Gasteiger partial charge is 0.179 e. The lowest BCUT2D eigenvalue weighted by Crippen LogP contribution is -2.01. The van der Waals surface area contributed by atoms with Crippen molar-refractivity contribution in [1.29, 1.82) is 0 Å². The molecule has 1 aromatic carbocycles. The molecule has 0 spiro atoms. The van der Waals surface area contributed by atoms with Crippen LogP contribution in [0.4, 0.5) is 0 Å². The zero-order valence-corrected chi connectivity index (χ0v) is 11.3. The van der Waals surface area contributed by atoms with E-state index in [1.165, 1.54) is 0 Å². The summed E-state index contributed by atoms with van der Waals surface area (Å²) >= 11 is 0. The van der Waals surface area contributed by atoms with Crippen molar-refractivity contribution in [2.75, 3.05) is 13.7 Å². The molecule has 2 aromatic rings. The Kier molecular flexibility index (Phi) is 3.83. The summed E-state index contributed by atoms with van der Waals surface area (Å²) in [6, 6.07) is 7.51. The maximum atomic E-state index is 5.69. The predicted molar refractivity (Wildman–Crippen MR) is 71.6 cm³/mol. The van der Waals surface area contributed by atoms with Crippen LogP contribution in [0.3, 0.4) is 0 Å². The number of methoxy groups -OCH3 is 1. The van der Waals surface area contributed by atoms with E-state index in [1.54, 1.807) is 7.11 Å². The van der Waals surface area contributed by atoms with Crippen LogP contribution in [0, 0.1) is 0 Å². The molecular formula is C14H17N3O3. The number of H-pyrrole nitrogens is 1. The minimum atomic E-state index is 0.0197. The fourth-order valence-electron chi connectivity index (χ4n) is 2.18. The fourth-order valence-corrected chi connectivity index (χ4v) is 2.18. The van der Waals surface area contributed by atoms with Gasteiger partial charge in [0.2, 0.25) is 0 Å². The Morgan fingerprint density at radius 1 is 1.35 bits per heavy atom. The van der Waals surface area contributed by atoms with Crippen LogP contribution in [0.2, 0.25) is 0 Å². The number of hydrogen-bond donors (Lipinski definition) is 1. The van der Waals surface area contributed by atoms with Gasteiger partial charge in [0.05, 0.1) is 7.11 Å². The number of para-hydroxylation sites is 2. The molecule has 1 fully saturated rings. The van der Waals surface area contributed by atoms with E-state index in [9.17, 15) is 0 Å². The first-order valence-electron chi connectivity index (χ1n) is 6.65. The third-order valence-corrected chi connectivity index (χ3v) is 3.20. The van der Waals surface area contributed by atoms with Gasteiger partial charge in [-0.15, -0.1) is 0 Å². The van der Waals surface area contributed by atoms with Gasteiger partial charge in [-0.2, -0.15) is 5.10 Å². The Morgan fingerprint density at radius 3 is 2.95 bits per heavy atom. The molecular weight excluding hydrogens is 258 g/mol. The second kappa shape index (κ2) is 5.92. The molecule has 1 aliphatic rings. The summed E-state index contributed by atoms with van der Waals surface area (Å²) in [5.74, 6) is 2.78. The third kappa shape index (κ3) is 2.75. The first kappa shape index (κ1) is 12.9. The zero-order valence-electron chi connectivity index (χ0n) is 11.3. The van der Waals surface area contributed by atoms with Crippen molar-refractivity contribution in [2.24, 2.45) is 0 Å². The largest absolute Gasteiger partial charge is 0.493 e. The summed E-state index contributed by atoms with van der Waals surface area (Å²) in [6.07, 6.45) is 2.06. The molecule has 1 aromatic heterocycles. The Morgan fingerprint density at radius 2 is 2.20 bits per heavy atom. The van der Waals surface area contributed by atoms with Crippen molar-refractivity contribution >= 4 is 0 Å². The van der Waals surface area contributed by atoms with E-state index in [4.69, 9.17) is 14.2 Å². The zero-order chi connectivity index (χ0) is 13.8. The number of aromatic amines is 1. The van der Waals surface area contributed by atoms with E-state index in [1.807, 2.05) is 24.3 Å². The minimum Gasteiger partial charge on any atom is -0.493 e. The summed E-state index contributed by atoms with van der Waals surface area (Å²) in [6.45, 7) is 1.10. The molecule has 20 heavy (non-hydrogen) atoms. The molecule has 0 bridgehead atoms. The highest BCUT2D eigenvalue weighted by molar-refractivity contribution is 5.39. The monoisotopic (exact) mass is 275 g/mol. The molecule has 0 saturated carbocycles. The molecule has 6 nitrogen and oxygen atoms in total. The van der Waals surface area contributed by atoms with Crippen LogP contribution in [-0.4, -0.2) is 28.9 Å². The lowest BCUT2D eigenvalue weighted by molar-refractivity contribution is 0.105. The first-order valence-corrected chi connectivity index (χ1v) is 6.65. The van der Waals surface area contributed by atoms with E-state index >= 15 is 0 Å². The first-order chi connectivity index (χ1) is 9.86. The number of rotatable bonds is 5. The van der Waals surface area contributed by atoms with E-state index in [0.717, 1.165) is 19.4 Å². The lowest BCUT2D eigenvalue weighted by Gasteiger charge is -2.08. The predicted octanol–water partition coefficient (Wildman–Crippen LogP) is 2.24. The summed E-state index contributed by atoms with van der Waals surface area (Å²) in [5, 5.41) is 7.06. The maximum Gasteiger partial charge on any atom is 0.179 e. The molecule has 106 valence electrons. The van der Waals surface area contributed by atoms with Gasteiger partial charge < -0.3 is 14.2 Å². The van der Waals surface area contributed by atoms with E-state index < -0.39 is 0 Å². The number of benzene rings is 1. The molecule has 1 N–H and O–H groups in total. The standard InChI is InChI=1S/C14H17N3O3/c1-18-10-5-2-3-6-11(10)20-9-13-15-14(17-16-13)12-7-4-8-19-12/h2-3,5-6,12H,4,7-9H2,1H3,(H,15,16,17)/t12-/m0/s1. The van der Waals surface area contributed by atoms with Crippen molar-refractivity contribution in [1.82, 2.24) is 15.2 Å². The summed E-state index contributed by atoms with van der Waals surface area (Å²) in [5.41, 5.74) is 0. The third-order valence-electron chi connectivity index (χ3n) is 3.20. The van der Waals surface area contributed by atoms with Crippen LogP contribution < -0.4 is 9.47 Å². The van der Waals surface area contributed by atoms with Gasteiger partial charge in [-0.3, -0.25) is 5.10 Å². The summed E-state index contributed by atoms with van der Waals surface area (Å²) < 4.78 is 16.5. The van der Waals surface area contributed by atoms with Crippen LogP contribution >= 0.6 is 0 Å². The fraction of sp³-hybridized carbons (Fsp3) is 0.429. The van der Waals surface area contributed by atoms with Crippen molar-refractivity contribution in [2.45, 2.75) is 25.6 Å². The van der Waals surface area contributed by atoms with Gasteiger partial charge in [0, 0.05) is 6.61 Å². The SMILES string of the molecule is COc1ccccc1OCc1nc([C@@H]2CCCO2)n[nH]1. The summed E-state index contributed by atoms with van der Waals surface area (Å²) in [7, 11) is 1.62. The number of aromatic nitrogens is 3. The minimum absolute atomic E-state index is 0.0197. The molecule has 1 atom stereocenters. The Bertz CT molecular complexity index is 564. The van der Waals surface area contributed by atoms with Gasteiger partial charge in [0.1, 0.15) is 12.7 Å².